The molecule has 146 valence electrons. The number of carbonyl (C=O) groups is 1. The molecule has 2 aromatic heterocycles. The average molecular weight is 426 g/mol. The lowest BCUT2D eigenvalue weighted by molar-refractivity contribution is 0.103. The Morgan fingerprint density at radius 3 is 2.38 bits per heavy atom. The summed E-state index contributed by atoms with van der Waals surface area (Å²) in [6.45, 7) is 1.76. The molecule has 0 aliphatic carbocycles. The van der Waals surface area contributed by atoms with E-state index in [-0.39, 0.29) is 11.5 Å². The third-order valence-electron chi connectivity index (χ3n) is 4.38. The number of halogens is 1. The highest BCUT2D eigenvalue weighted by atomic mass is 35.5. The molecule has 2 heterocycles. The van der Waals surface area contributed by atoms with Gasteiger partial charge in [0.2, 0.25) is 0 Å². The maximum Gasteiger partial charge on any atom is 0.266 e. The Hall–Kier alpha value is -3.16. The van der Waals surface area contributed by atoms with E-state index in [0.29, 0.717) is 42.9 Å². The van der Waals surface area contributed by atoms with Crippen LogP contribution in [-0.2, 0) is 7.05 Å². The summed E-state index contributed by atoms with van der Waals surface area (Å²) in [6, 6.07) is 14.1. The van der Waals surface area contributed by atoms with E-state index in [1.54, 1.807) is 62.5 Å². The first-order valence-electron chi connectivity index (χ1n) is 8.72. The van der Waals surface area contributed by atoms with Crippen molar-refractivity contribution in [2.75, 3.05) is 5.32 Å². The van der Waals surface area contributed by atoms with Gasteiger partial charge in [-0.3, -0.25) is 9.59 Å². The van der Waals surface area contributed by atoms with Crippen LogP contribution in [0.5, 0.6) is 11.5 Å². The van der Waals surface area contributed by atoms with Gasteiger partial charge in [-0.15, -0.1) is 11.3 Å². The second-order valence-corrected chi connectivity index (χ2v) is 7.87. The summed E-state index contributed by atoms with van der Waals surface area (Å²) in [4.78, 5) is 30.3. The molecule has 29 heavy (non-hydrogen) atoms. The number of rotatable bonds is 4. The lowest BCUT2D eigenvalue weighted by Crippen LogP contribution is -2.17. The molecule has 2 aromatic carbocycles. The van der Waals surface area contributed by atoms with Gasteiger partial charge < -0.3 is 14.6 Å². The molecule has 0 saturated heterocycles. The topological polar surface area (TPSA) is 73.2 Å². The minimum Gasteiger partial charge on any atom is -0.457 e. The van der Waals surface area contributed by atoms with E-state index >= 15 is 0 Å². The number of fused-ring (bicyclic) bond motifs is 1. The van der Waals surface area contributed by atoms with Crippen molar-refractivity contribution in [1.82, 2.24) is 9.55 Å². The van der Waals surface area contributed by atoms with Crippen molar-refractivity contribution in [3.8, 4) is 11.5 Å². The van der Waals surface area contributed by atoms with E-state index in [1.165, 1.54) is 22.2 Å². The van der Waals surface area contributed by atoms with Crippen molar-refractivity contribution in [2.24, 2.45) is 7.05 Å². The molecule has 8 heteroatoms. The fraction of sp³-hybridized carbons (Fsp3) is 0.0952. The number of nitrogens with zero attached hydrogens (tertiary/aromatic N) is 2. The summed E-state index contributed by atoms with van der Waals surface area (Å²) in [5.74, 6) is 1.02. The molecule has 1 N–H and O–H groups in total. The van der Waals surface area contributed by atoms with Crippen molar-refractivity contribution in [1.29, 1.82) is 0 Å². The van der Waals surface area contributed by atoms with Gasteiger partial charge in [-0.2, -0.15) is 0 Å². The first kappa shape index (κ1) is 19.2. The molecule has 0 aliphatic rings. The third-order valence-corrected chi connectivity index (χ3v) is 5.83. The van der Waals surface area contributed by atoms with Crippen LogP contribution in [0.15, 0.2) is 59.7 Å². The molecule has 4 aromatic rings. The molecule has 0 saturated carbocycles. The van der Waals surface area contributed by atoms with Gasteiger partial charge in [0.15, 0.2) is 0 Å². The van der Waals surface area contributed by atoms with Crippen LogP contribution in [0.2, 0.25) is 5.02 Å². The highest BCUT2D eigenvalue weighted by molar-refractivity contribution is 7.20. The van der Waals surface area contributed by atoms with Gasteiger partial charge in [0.05, 0.1) is 16.6 Å². The highest BCUT2D eigenvalue weighted by Gasteiger charge is 2.19. The van der Waals surface area contributed by atoms with Gasteiger partial charge in [-0.1, -0.05) is 11.6 Å². The fourth-order valence-corrected chi connectivity index (χ4v) is 4.02. The summed E-state index contributed by atoms with van der Waals surface area (Å²) in [6.07, 6.45) is 1.46. The second kappa shape index (κ2) is 7.69. The lowest BCUT2D eigenvalue weighted by Gasteiger charge is -2.08. The number of hydrogen-bond acceptors (Lipinski definition) is 5. The van der Waals surface area contributed by atoms with Crippen LogP contribution in [-0.4, -0.2) is 15.5 Å². The van der Waals surface area contributed by atoms with Gasteiger partial charge in [-0.05, 0) is 61.0 Å². The number of carbonyl (C=O) groups excluding carboxylic acids is 1. The standard InChI is InChI=1S/C21H16ClN3O3S/c1-12-17-20(23-11-25(2)21(17)27)29-18(12)19(26)24-14-5-9-16(10-6-14)28-15-7-3-13(22)4-8-15/h3-11H,1-2H3,(H,24,26). The smallest absolute Gasteiger partial charge is 0.266 e. The van der Waals surface area contributed by atoms with Gasteiger partial charge in [0.1, 0.15) is 16.3 Å². The summed E-state index contributed by atoms with van der Waals surface area (Å²) in [5, 5.41) is 3.98. The molecule has 0 radical (unpaired) electrons. The Labute approximate surface area is 175 Å². The minimum absolute atomic E-state index is 0.161. The predicted molar refractivity (Wildman–Crippen MR) is 116 cm³/mol. The molecular formula is C21H16ClN3O3S. The van der Waals surface area contributed by atoms with Crippen LogP contribution in [0, 0.1) is 6.92 Å². The maximum atomic E-state index is 12.7. The summed E-state index contributed by atoms with van der Waals surface area (Å²) < 4.78 is 7.15. The van der Waals surface area contributed by atoms with E-state index in [1.807, 2.05) is 0 Å². The zero-order valence-corrected chi connectivity index (χ0v) is 17.2. The van der Waals surface area contributed by atoms with E-state index in [9.17, 15) is 9.59 Å². The third kappa shape index (κ3) is 3.87. The number of thiophene rings is 1. The van der Waals surface area contributed by atoms with E-state index in [2.05, 4.69) is 10.3 Å². The monoisotopic (exact) mass is 425 g/mol. The number of aryl methyl sites for hydroxylation is 2. The van der Waals surface area contributed by atoms with Crippen molar-refractivity contribution >= 4 is 44.7 Å². The Kier molecular flexibility index (Phi) is 5.08. The maximum absolute atomic E-state index is 12.7. The number of amides is 1. The lowest BCUT2D eigenvalue weighted by atomic mass is 10.2. The normalized spacial score (nSPS) is 10.9. The first-order chi connectivity index (χ1) is 13.9. The highest BCUT2D eigenvalue weighted by Crippen LogP contribution is 2.28. The average Bonchev–Trinajstić information content (AvgIpc) is 3.05. The van der Waals surface area contributed by atoms with Gasteiger partial charge in [-0.25, -0.2) is 4.98 Å². The molecule has 0 unspecified atom stereocenters. The number of anilines is 1. The van der Waals surface area contributed by atoms with Gasteiger partial charge in [0, 0.05) is 17.8 Å². The predicted octanol–water partition coefficient (Wildman–Crippen LogP) is 5.00. The molecule has 0 atom stereocenters. The number of ether oxygens (including phenoxy) is 1. The van der Waals surface area contributed by atoms with Crippen molar-refractivity contribution in [3.63, 3.8) is 0 Å². The number of benzene rings is 2. The minimum atomic E-state index is -0.279. The van der Waals surface area contributed by atoms with Crippen molar-refractivity contribution in [2.45, 2.75) is 6.92 Å². The molecule has 0 bridgehead atoms. The second-order valence-electron chi connectivity index (χ2n) is 6.43. The van der Waals surface area contributed by atoms with Gasteiger partial charge in [0.25, 0.3) is 11.5 Å². The molecule has 1 amide bonds. The Balaban J connectivity index is 1.52. The van der Waals surface area contributed by atoms with Crippen LogP contribution in [0.1, 0.15) is 15.2 Å². The van der Waals surface area contributed by atoms with Crippen LogP contribution in [0.3, 0.4) is 0 Å². The Morgan fingerprint density at radius 1 is 1.10 bits per heavy atom. The molecule has 6 nitrogen and oxygen atoms in total. The number of aromatic nitrogens is 2. The summed E-state index contributed by atoms with van der Waals surface area (Å²) in [5.41, 5.74) is 1.10. The Bertz CT molecular complexity index is 1260. The van der Waals surface area contributed by atoms with Crippen LogP contribution in [0.25, 0.3) is 10.2 Å². The van der Waals surface area contributed by atoms with Crippen molar-refractivity contribution < 1.29 is 9.53 Å². The van der Waals surface area contributed by atoms with Crippen LogP contribution < -0.4 is 15.6 Å². The van der Waals surface area contributed by atoms with Crippen LogP contribution in [0.4, 0.5) is 5.69 Å². The number of nitrogens with one attached hydrogen (secondary N) is 1. The quantitative estimate of drug-likeness (QED) is 0.499. The summed E-state index contributed by atoms with van der Waals surface area (Å²) in [7, 11) is 1.64. The molecule has 0 fully saturated rings. The van der Waals surface area contributed by atoms with Crippen molar-refractivity contribution in [3.05, 3.63) is 80.7 Å². The molecule has 0 spiro atoms. The molecular weight excluding hydrogens is 410 g/mol. The fourth-order valence-electron chi connectivity index (χ4n) is 2.86. The zero-order chi connectivity index (χ0) is 20.5. The van der Waals surface area contributed by atoms with E-state index < -0.39 is 0 Å². The van der Waals surface area contributed by atoms with Gasteiger partial charge >= 0.3 is 0 Å². The zero-order valence-electron chi connectivity index (χ0n) is 15.6. The molecule has 4 rings (SSSR count). The Morgan fingerprint density at radius 2 is 1.72 bits per heavy atom. The molecule has 0 aliphatic heterocycles. The van der Waals surface area contributed by atoms with E-state index in [0.717, 1.165) is 0 Å². The summed E-state index contributed by atoms with van der Waals surface area (Å²) >= 11 is 7.08. The number of hydrogen-bond donors (Lipinski definition) is 1. The van der Waals surface area contributed by atoms with Crippen LogP contribution >= 0.6 is 22.9 Å². The first-order valence-corrected chi connectivity index (χ1v) is 9.91. The van der Waals surface area contributed by atoms with E-state index in [4.69, 9.17) is 16.3 Å². The SMILES string of the molecule is Cc1c(C(=O)Nc2ccc(Oc3ccc(Cl)cc3)cc2)sc2ncn(C)c(=O)c12. The largest absolute Gasteiger partial charge is 0.457 e.